The second-order valence-corrected chi connectivity index (χ2v) is 6.69. The third-order valence-electron chi connectivity index (χ3n) is 4.83. The fraction of sp³-hybridized carbons (Fsp3) is 0.263. The van der Waals surface area contributed by atoms with Gasteiger partial charge in [-0.15, -0.1) is 0 Å². The number of carbonyl (C=O) groups is 3. The minimum absolute atomic E-state index is 0.170. The van der Waals surface area contributed by atoms with Gasteiger partial charge in [-0.05, 0) is 35.7 Å². The molecule has 1 aromatic carbocycles. The van der Waals surface area contributed by atoms with Crippen LogP contribution in [0.15, 0.2) is 36.4 Å². The number of nitrogens with one attached hydrogen (secondary N) is 2. The molecule has 2 aliphatic heterocycles. The van der Waals surface area contributed by atoms with Crippen molar-refractivity contribution in [1.82, 2.24) is 15.2 Å². The van der Waals surface area contributed by atoms with E-state index in [2.05, 4.69) is 15.6 Å². The minimum Gasteiger partial charge on any atom is -0.384 e. The van der Waals surface area contributed by atoms with Gasteiger partial charge in [0.25, 0.3) is 5.91 Å². The van der Waals surface area contributed by atoms with Gasteiger partial charge in [-0.3, -0.25) is 19.7 Å². The molecule has 0 aliphatic carbocycles. The maximum atomic E-state index is 12.7. The maximum Gasteiger partial charge on any atom is 0.255 e. The molecular formula is C19H19N5O3. The van der Waals surface area contributed by atoms with E-state index in [4.69, 9.17) is 5.73 Å². The van der Waals surface area contributed by atoms with Crippen LogP contribution < -0.4 is 16.4 Å². The number of aromatic nitrogens is 1. The van der Waals surface area contributed by atoms with Crippen LogP contribution in [-0.2, 0) is 22.7 Å². The van der Waals surface area contributed by atoms with E-state index < -0.39 is 11.9 Å². The van der Waals surface area contributed by atoms with Gasteiger partial charge >= 0.3 is 0 Å². The standard InChI is InChI=1S/C19H19N5O3/c20-15-2-1-3-16(22-15)21-9-11-4-5-13-12(8-11)10-24(19(13)27)14-6-7-17(25)23-18(14)26/h1-5,8,14H,6-7,9-10H2,(H3,20,21,22)(H,23,25,26). The summed E-state index contributed by atoms with van der Waals surface area (Å²) in [5, 5.41) is 5.51. The van der Waals surface area contributed by atoms with Gasteiger partial charge in [-0.1, -0.05) is 18.2 Å². The normalized spacial score (nSPS) is 19.0. The molecule has 3 heterocycles. The molecule has 1 aromatic heterocycles. The second kappa shape index (κ2) is 6.71. The summed E-state index contributed by atoms with van der Waals surface area (Å²) in [6, 6.07) is 10.4. The van der Waals surface area contributed by atoms with Crippen molar-refractivity contribution in [2.24, 2.45) is 0 Å². The number of nitrogens with zero attached hydrogens (tertiary/aromatic N) is 2. The van der Waals surface area contributed by atoms with Crippen LogP contribution in [0.5, 0.6) is 0 Å². The number of benzene rings is 1. The molecule has 0 radical (unpaired) electrons. The predicted octanol–water partition coefficient (Wildman–Crippen LogP) is 1.04. The third-order valence-corrected chi connectivity index (χ3v) is 4.83. The van der Waals surface area contributed by atoms with Crippen LogP contribution in [0.1, 0.15) is 34.3 Å². The Morgan fingerprint density at radius 2 is 2.07 bits per heavy atom. The molecule has 1 atom stereocenters. The van der Waals surface area contributed by atoms with Gasteiger partial charge < -0.3 is 16.0 Å². The number of hydrogen-bond donors (Lipinski definition) is 3. The van der Waals surface area contributed by atoms with Gasteiger partial charge in [0.2, 0.25) is 11.8 Å². The number of nitrogen functional groups attached to an aromatic ring is 1. The van der Waals surface area contributed by atoms with Crippen molar-refractivity contribution in [1.29, 1.82) is 0 Å². The lowest BCUT2D eigenvalue weighted by Gasteiger charge is -2.29. The number of nitrogens with two attached hydrogens (primary N) is 1. The van der Waals surface area contributed by atoms with Crippen molar-refractivity contribution >= 4 is 29.4 Å². The lowest BCUT2D eigenvalue weighted by Crippen LogP contribution is -2.52. The van der Waals surface area contributed by atoms with E-state index in [9.17, 15) is 14.4 Å². The number of rotatable bonds is 4. The highest BCUT2D eigenvalue weighted by molar-refractivity contribution is 6.05. The number of anilines is 2. The average molecular weight is 365 g/mol. The fourth-order valence-corrected chi connectivity index (χ4v) is 3.48. The average Bonchev–Trinajstić information content (AvgIpc) is 2.96. The molecule has 1 unspecified atom stereocenters. The van der Waals surface area contributed by atoms with Gasteiger partial charge in [-0.2, -0.15) is 0 Å². The molecule has 1 saturated heterocycles. The summed E-state index contributed by atoms with van der Waals surface area (Å²) < 4.78 is 0. The monoisotopic (exact) mass is 365 g/mol. The van der Waals surface area contributed by atoms with Crippen molar-refractivity contribution in [3.63, 3.8) is 0 Å². The summed E-state index contributed by atoms with van der Waals surface area (Å²) >= 11 is 0. The van der Waals surface area contributed by atoms with Gasteiger partial charge in [0.05, 0.1) is 0 Å². The van der Waals surface area contributed by atoms with E-state index in [1.54, 1.807) is 17.0 Å². The second-order valence-electron chi connectivity index (χ2n) is 6.69. The number of imide groups is 1. The van der Waals surface area contributed by atoms with Crippen LogP contribution in [0.4, 0.5) is 11.6 Å². The van der Waals surface area contributed by atoms with E-state index in [-0.39, 0.29) is 18.2 Å². The Morgan fingerprint density at radius 3 is 2.85 bits per heavy atom. The molecule has 2 aliphatic rings. The summed E-state index contributed by atoms with van der Waals surface area (Å²) in [6.45, 7) is 0.904. The summed E-state index contributed by atoms with van der Waals surface area (Å²) in [6.07, 6.45) is 0.610. The summed E-state index contributed by atoms with van der Waals surface area (Å²) in [5.41, 5.74) is 8.15. The Morgan fingerprint density at radius 1 is 1.22 bits per heavy atom. The van der Waals surface area contributed by atoms with Crippen molar-refractivity contribution < 1.29 is 14.4 Å². The van der Waals surface area contributed by atoms with Crippen molar-refractivity contribution in [3.8, 4) is 0 Å². The molecule has 3 amide bonds. The molecule has 138 valence electrons. The van der Waals surface area contributed by atoms with Crippen molar-refractivity contribution in [2.45, 2.75) is 32.0 Å². The quantitative estimate of drug-likeness (QED) is 0.697. The number of fused-ring (bicyclic) bond motifs is 1. The number of amides is 3. The zero-order chi connectivity index (χ0) is 19.0. The Balaban J connectivity index is 1.47. The van der Waals surface area contributed by atoms with Crippen LogP contribution in [0, 0.1) is 0 Å². The van der Waals surface area contributed by atoms with Crippen LogP contribution in [0.2, 0.25) is 0 Å². The Kier molecular flexibility index (Phi) is 4.23. The predicted molar refractivity (Wildman–Crippen MR) is 98.5 cm³/mol. The van der Waals surface area contributed by atoms with Crippen molar-refractivity contribution in [2.75, 3.05) is 11.1 Å². The molecule has 4 N–H and O–H groups in total. The Hall–Kier alpha value is -3.42. The van der Waals surface area contributed by atoms with Gasteiger partial charge in [0, 0.05) is 25.1 Å². The van der Waals surface area contributed by atoms with Gasteiger partial charge in [0.1, 0.15) is 17.7 Å². The molecule has 0 bridgehead atoms. The lowest BCUT2D eigenvalue weighted by atomic mass is 10.0. The summed E-state index contributed by atoms with van der Waals surface area (Å²) in [4.78, 5) is 41.8. The zero-order valence-electron chi connectivity index (χ0n) is 14.6. The third kappa shape index (κ3) is 3.33. The maximum absolute atomic E-state index is 12.7. The highest BCUT2D eigenvalue weighted by Crippen LogP contribution is 2.28. The molecule has 8 nitrogen and oxygen atoms in total. The molecule has 27 heavy (non-hydrogen) atoms. The SMILES string of the molecule is Nc1cccc(NCc2ccc3c(c2)CN(C2CCC(=O)NC2=O)C3=O)n1. The van der Waals surface area contributed by atoms with Gasteiger partial charge in [0.15, 0.2) is 0 Å². The first-order valence-electron chi connectivity index (χ1n) is 8.74. The molecule has 1 fully saturated rings. The number of carbonyl (C=O) groups excluding carboxylic acids is 3. The fourth-order valence-electron chi connectivity index (χ4n) is 3.48. The first-order valence-corrected chi connectivity index (χ1v) is 8.74. The highest BCUT2D eigenvalue weighted by atomic mass is 16.2. The smallest absolute Gasteiger partial charge is 0.255 e. The number of hydrogen-bond acceptors (Lipinski definition) is 6. The van der Waals surface area contributed by atoms with E-state index in [1.165, 1.54) is 0 Å². The number of piperidine rings is 1. The molecular weight excluding hydrogens is 346 g/mol. The van der Waals surface area contributed by atoms with Crippen LogP contribution in [0.25, 0.3) is 0 Å². The van der Waals surface area contributed by atoms with E-state index in [0.29, 0.717) is 36.7 Å². The summed E-state index contributed by atoms with van der Waals surface area (Å²) in [7, 11) is 0. The molecule has 2 aromatic rings. The molecule has 0 spiro atoms. The Labute approximate surface area is 155 Å². The van der Waals surface area contributed by atoms with Gasteiger partial charge in [-0.25, -0.2) is 4.98 Å². The number of pyridine rings is 1. The lowest BCUT2D eigenvalue weighted by molar-refractivity contribution is -0.136. The van der Waals surface area contributed by atoms with Crippen molar-refractivity contribution in [3.05, 3.63) is 53.1 Å². The molecule has 8 heteroatoms. The first kappa shape index (κ1) is 17.0. The molecule has 0 saturated carbocycles. The van der Waals surface area contributed by atoms with E-state index in [1.807, 2.05) is 24.3 Å². The zero-order valence-corrected chi connectivity index (χ0v) is 14.6. The van der Waals surface area contributed by atoms with Crippen LogP contribution in [0.3, 0.4) is 0 Å². The minimum atomic E-state index is -0.597. The highest BCUT2D eigenvalue weighted by Gasteiger charge is 2.38. The summed E-state index contributed by atoms with van der Waals surface area (Å²) in [5.74, 6) is 0.263. The van der Waals surface area contributed by atoms with Crippen LogP contribution in [-0.4, -0.2) is 33.6 Å². The first-order chi connectivity index (χ1) is 13.0. The molecule has 4 rings (SSSR count). The largest absolute Gasteiger partial charge is 0.384 e. The van der Waals surface area contributed by atoms with E-state index >= 15 is 0 Å². The van der Waals surface area contributed by atoms with Crippen LogP contribution >= 0.6 is 0 Å². The van der Waals surface area contributed by atoms with E-state index in [0.717, 1.165) is 11.1 Å². The topological polar surface area (TPSA) is 117 Å². The Bertz CT molecular complexity index is 943.